The van der Waals surface area contributed by atoms with E-state index in [1.54, 1.807) is 6.07 Å². The Morgan fingerprint density at radius 3 is 2.86 bits per heavy atom. The summed E-state index contributed by atoms with van der Waals surface area (Å²) in [5, 5.41) is 9.34. The lowest BCUT2D eigenvalue weighted by Gasteiger charge is -2.05. The van der Waals surface area contributed by atoms with Crippen molar-refractivity contribution in [3.63, 3.8) is 0 Å². The highest BCUT2D eigenvalue weighted by Gasteiger charge is 2.22. The summed E-state index contributed by atoms with van der Waals surface area (Å²) >= 11 is 6.04. The van der Waals surface area contributed by atoms with Crippen molar-refractivity contribution in [1.82, 2.24) is 0 Å². The third-order valence-corrected chi connectivity index (χ3v) is 2.94. The van der Waals surface area contributed by atoms with Crippen molar-refractivity contribution in [3.05, 3.63) is 33.8 Å². The topological polar surface area (TPSA) is 49.8 Å². The van der Waals surface area contributed by atoms with E-state index in [4.69, 9.17) is 22.6 Å². The van der Waals surface area contributed by atoms with E-state index in [2.05, 4.69) is 6.07 Å². The monoisotopic (exact) mass is 228 g/mol. The van der Waals surface area contributed by atoms with E-state index in [0.717, 1.165) is 24.0 Å². The second-order valence-electron chi connectivity index (χ2n) is 3.25. The first-order valence-corrected chi connectivity index (χ1v) is 4.59. The first-order chi connectivity index (χ1) is 6.24. The van der Waals surface area contributed by atoms with Crippen molar-refractivity contribution in [2.45, 2.75) is 18.9 Å². The van der Waals surface area contributed by atoms with Gasteiger partial charge >= 0.3 is 0 Å². The molecular formula is C10H10Cl2N2. The number of hydrogen-bond donors (Lipinski definition) is 1. The van der Waals surface area contributed by atoms with Crippen molar-refractivity contribution >= 4 is 24.0 Å². The van der Waals surface area contributed by atoms with E-state index < -0.39 is 0 Å². The molecule has 0 spiro atoms. The largest absolute Gasteiger partial charge is 0.324 e. The minimum atomic E-state index is 0. The molecule has 0 bridgehead atoms. The van der Waals surface area contributed by atoms with Gasteiger partial charge in [0.2, 0.25) is 0 Å². The highest BCUT2D eigenvalue weighted by atomic mass is 35.5. The molecule has 1 atom stereocenters. The van der Waals surface area contributed by atoms with E-state index >= 15 is 0 Å². The average molecular weight is 229 g/mol. The number of rotatable bonds is 0. The van der Waals surface area contributed by atoms with E-state index in [1.807, 2.05) is 6.07 Å². The molecule has 0 heterocycles. The molecule has 1 aliphatic rings. The standard InChI is InChI=1S/C10H9ClN2.ClH/c11-10-6(5-12)1-2-7-8(10)3-4-9(7)13;/h1-2,9H,3-4,13H2;1H. The Morgan fingerprint density at radius 2 is 2.21 bits per heavy atom. The molecule has 2 nitrogen and oxygen atoms in total. The van der Waals surface area contributed by atoms with Crippen LogP contribution in [0.15, 0.2) is 12.1 Å². The quantitative estimate of drug-likeness (QED) is 0.743. The number of nitrogens with zero attached hydrogens (tertiary/aromatic N) is 1. The van der Waals surface area contributed by atoms with E-state index in [9.17, 15) is 0 Å². The van der Waals surface area contributed by atoms with Crippen LogP contribution in [0.4, 0.5) is 0 Å². The van der Waals surface area contributed by atoms with Crippen LogP contribution >= 0.6 is 24.0 Å². The Kier molecular flexibility index (Phi) is 3.38. The van der Waals surface area contributed by atoms with Gasteiger partial charge in [-0.15, -0.1) is 12.4 Å². The molecule has 0 radical (unpaired) electrons. The van der Waals surface area contributed by atoms with Crippen LogP contribution in [0.5, 0.6) is 0 Å². The van der Waals surface area contributed by atoms with Gasteiger partial charge in [-0.05, 0) is 30.0 Å². The van der Waals surface area contributed by atoms with Crippen molar-refractivity contribution in [3.8, 4) is 6.07 Å². The van der Waals surface area contributed by atoms with E-state index in [0.29, 0.717) is 10.6 Å². The summed E-state index contributed by atoms with van der Waals surface area (Å²) in [5.74, 6) is 0. The second kappa shape index (κ2) is 4.18. The van der Waals surface area contributed by atoms with Crippen LogP contribution in [0, 0.1) is 11.3 Å². The minimum Gasteiger partial charge on any atom is -0.324 e. The highest BCUT2D eigenvalue weighted by Crippen LogP contribution is 2.35. The predicted octanol–water partition coefficient (Wildman–Crippen LogP) is 2.58. The van der Waals surface area contributed by atoms with Gasteiger partial charge in [0.25, 0.3) is 0 Å². The Balaban J connectivity index is 0.000000980. The van der Waals surface area contributed by atoms with Crippen LogP contribution in [-0.4, -0.2) is 0 Å². The van der Waals surface area contributed by atoms with Crippen LogP contribution in [-0.2, 0) is 6.42 Å². The van der Waals surface area contributed by atoms with Gasteiger partial charge in [-0.1, -0.05) is 17.7 Å². The fraction of sp³-hybridized carbons (Fsp3) is 0.300. The van der Waals surface area contributed by atoms with E-state index in [1.165, 1.54) is 0 Å². The van der Waals surface area contributed by atoms with Crippen molar-refractivity contribution < 1.29 is 0 Å². The van der Waals surface area contributed by atoms with Gasteiger partial charge in [0.15, 0.2) is 0 Å². The number of halogens is 2. The summed E-state index contributed by atoms with van der Waals surface area (Å²) in [7, 11) is 0. The molecule has 1 unspecified atom stereocenters. The molecule has 1 aromatic carbocycles. The van der Waals surface area contributed by atoms with Crippen molar-refractivity contribution in [2.24, 2.45) is 5.73 Å². The molecule has 0 fully saturated rings. The summed E-state index contributed by atoms with van der Waals surface area (Å²) in [4.78, 5) is 0. The third-order valence-electron chi connectivity index (χ3n) is 2.50. The van der Waals surface area contributed by atoms with Gasteiger partial charge < -0.3 is 5.73 Å². The zero-order valence-corrected chi connectivity index (χ0v) is 9.03. The number of fused-ring (bicyclic) bond motifs is 1. The van der Waals surface area contributed by atoms with Gasteiger partial charge in [-0.2, -0.15) is 5.26 Å². The van der Waals surface area contributed by atoms with Gasteiger partial charge in [0, 0.05) is 6.04 Å². The van der Waals surface area contributed by atoms with Crippen LogP contribution in [0.2, 0.25) is 5.02 Å². The molecule has 0 saturated carbocycles. The maximum absolute atomic E-state index is 8.75. The normalized spacial score (nSPS) is 18.2. The zero-order valence-electron chi connectivity index (χ0n) is 7.46. The Labute approximate surface area is 94.1 Å². The first kappa shape index (κ1) is 11.3. The van der Waals surface area contributed by atoms with Crippen molar-refractivity contribution in [1.29, 1.82) is 5.26 Å². The second-order valence-corrected chi connectivity index (χ2v) is 3.63. The lowest BCUT2D eigenvalue weighted by molar-refractivity contribution is 0.713. The number of nitrogens with two attached hydrogens (primary N) is 1. The molecule has 1 aromatic rings. The molecule has 0 saturated heterocycles. The van der Waals surface area contributed by atoms with Gasteiger partial charge in [0.1, 0.15) is 6.07 Å². The molecule has 2 N–H and O–H groups in total. The third kappa shape index (κ3) is 1.59. The summed E-state index contributed by atoms with van der Waals surface area (Å²) in [6, 6.07) is 5.82. The van der Waals surface area contributed by atoms with Gasteiger partial charge in [0.05, 0.1) is 10.6 Å². The molecule has 0 aliphatic heterocycles. The van der Waals surface area contributed by atoms with Crippen LogP contribution in [0.3, 0.4) is 0 Å². The summed E-state index contributed by atoms with van der Waals surface area (Å²) in [5.41, 5.74) is 8.58. The number of nitriles is 1. The molecule has 4 heteroatoms. The molecule has 14 heavy (non-hydrogen) atoms. The smallest absolute Gasteiger partial charge is 0.101 e. The number of hydrogen-bond acceptors (Lipinski definition) is 2. The molecule has 2 rings (SSSR count). The average Bonchev–Trinajstić information content (AvgIpc) is 2.50. The van der Waals surface area contributed by atoms with Crippen LogP contribution in [0.1, 0.15) is 29.2 Å². The molecule has 0 aromatic heterocycles. The minimum absolute atomic E-state index is 0. The Bertz CT molecular complexity index is 396. The lowest BCUT2D eigenvalue weighted by Crippen LogP contribution is -2.05. The Morgan fingerprint density at radius 1 is 1.50 bits per heavy atom. The molecular weight excluding hydrogens is 219 g/mol. The molecule has 0 amide bonds. The summed E-state index contributed by atoms with van der Waals surface area (Å²) < 4.78 is 0. The maximum atomic E-state index is 8.75. The van der Waals surface area contributed by atoms with Crippen molar-refractivity contribution in [2.75, 3.05) is 0 Å². The van der Waals surface area contributed by atoms with Crippen LogP contribution in [0.25, 0.3) is 0 Å². The SMILES string of the molecule is Cl.N#Cc1ccc2c(c1Cl)CCC2N. The maximum Gasteiger partial charge on any atom is 0.101 e. The fourth-order valence-electron chi connectivity index (χ4n) is 1.78. The van der Waals surface area contributed by atoms with Crippen LogP contribution < -0.4 is 5.73 Å². The fourth-order valence-corrected chi connectivity index (χ4v) is 2.09. The first-order valence-electron chi connectivity index (χ1n) is 4.21. The highest BCUT2D eigenvalue weighted by molar-refractivity contribution is 6.32. The lowest BCUT2D eigenvalue weighted by atomic mass is 10.1. The van der Waals surface area contributed by atoms with Gasteiger partial charge in [-0.3, -0.25) is 0 Å². The molecule has 1 aliphatic carbocycles. The molecule has 74 valence electrons. The number of benzene rings is 1. The van der Waals surface area contributed by atoms with Gasteiger partial charge in [-0.25, -0.2) is 0 Å². The Hall–Kier alpha value is -0.750. The predicted molar refractivity (Wildman–Crippen MR) is 58.7 cm³/mol. The summed E-state index contributed by atoms with van der Waals surface area (Å²) in [6.07, 6.45) is 1.83. The zero-order chi connectivity index (χ0) is 9.42. The summed E-state index contributed by atoms with van der Waals surface area (Å²) in [6.45, 7) is 0. The van der Waals surface area contributed by atoms with E-state index in [-0.39, 0.29) is 18.4 Å².